The van der Waals surface area contributed by atoms with Crippen molar-refractivity contribution < 1.29 is 43.1 Å². The van der Waals surface area contributed by atoms with Gasteiger partial charge in [-0.2, -0.15) is 0 Å². The van der Waals surface area contributed by atoms with E-state index in [2.05, 4.69) is 41.6 Å². The normalized spacial score (nSPS) is 21.1. The fourth-order valence-electron chi connectivity index (χ4n) is 8.90. The number of rotatable bonds is 19. The first-order chi connectivity index (χ1) is 37.0. The summed E-state index contributed by atoms with van der Waals surface area (Å²) in [6, 6.07) is 18.7. The quantitative estimate of drug-likeness (QED) is 0.0331. The first kappa shape index (κ1) is 59.7. The minimum Gasteiger partial charge on any atom is -0.374 e. The van der Waals surface area contributed by atoms with E-state index in [0.29, 0.717) is 24.8 Å². The molecule has 414 valence electrons. The molecule has 2 heterocycles. The number of carbonyl (C=O) groups is 8. The van der Waals surface area contributed by atoms with Crippen molar-refractivity contribution in [1.29, 1.82) is 0 Å². The summed E-state index contributed by atoms with van der Waals surface area (Å²) in [7, 11) is 0. The number of aromatic amines is 1. The number of nitrogens with one attached hydrogen (secondary N) is 6. The van der Waals surface area contributed by atoms with Crippen molar-refractivity contribution in [2.75, 3.05) is 26.2 Å². The number of aromatic nitrogens is 1. The predicted octanol–water partition coefficient (Wildman–Crippen LogP) is -0.130. The lowest BCUT2D eigenvalue weighted by Gasteiger charge is -2.27. The van der Waals surface area contributed by atoms with Crippen molar-refractivity contribution in [2.45, 2.75) is 114 Å². The van der Waals surface area contributed by atoms with Gasteiger partial charge in [-0.1, -0.05) is 78.9 Å². The van der Waals surface area contributed by atoms with Crippen LogP contribution in [0.4, 0.5) is 0 Å². The minimum atomic E-state index is -1.57. The Morgan fingerprint density at radius 1 is 0.675 bits per heavy atom. The number of hydrogen-bond acceptors (Lipinski definition) is 12. The zero-order valence-corrected chi connectivity index (χ0v) is 43.3. The predicted molar refractivity (Wildman–Crippen MR) is 291 cm³/mol. The monoisotopic (exact) mass is 1060 g/mol. The summed E-state index contributed by atoms with van der Waals surface area (Å²) in [5, 5.41) is 14.3. The molecule has 0 spiro atoms. The molecule has 0 bridgehead atoms. The van der Waals surface area contributed by atoms with E-state index in [4.69, 9.17) is 39.1 Å². The molecule has 6 amide bonds. The number of carbonyl (C=O) groups excluding carboxylic acids is 8. The van der Waals surface area contributed by atoms with Gasteiger partial charge in [-0.15, -0.1) is 0 Å². The van der Waals surface area contributed by atoms with Gasteiger partial charge in [0.15, 0.2) is 17.7 Å². The van der Waals surface area contributed by atoms with Gasteiger partial charge in [-0.25, -0.2) is 0 Å². The molecule has 0 aliphatic carbocycles. The second kappa shape index (κ2) is 31.0. The van der Waals surface area contributed by atoms with E-state index >= 15 is 0 Å². The highest BCUT2D eigenvalue weighted by atomic mass is 16.5. The number of para-hydroxylation sites is 1. The van der Waals surface area contributed by atoms with Crippen LogP contribution in [0.25, 0.3) is 10.9 Å². The first-order valence-corrected chi connectivity index (χ1v) is 25.9. The molecule has 1 aliphatic heterocycles. The van der Waals surface area contributed by atoms with Gasteiger partial charge in [0.05, 0.1) is 31.7 Å². The van der Waals surface area contributed by atoms with Crippen molar-refractivity contribution in [2.24, 2.45) is 56.2 Å². The zero-order valence-electron chi connectivity index (χ0n) is 43.3. The standard InChI is InChI=1S/C54H74N14O9/c55-39(19-12-24-63-54(59)60)50(74)67-43-29-47(71)61-22-10-9-21-41(48(56)72)65-49(73)36(26-37-30-64-40-20-8-7-18-38(37)40)28-45(69)35(17-11-23-62-53(57)58)27-46(70)42(25-33-13-3-1-4-14-33)66-52(76)44(68-51(43)75)32-77-31-34-15-5-2-6-16-34/h1-8,13-16,18,20,30,35-36,39,41-44,64H,9-12,17,19,21-29,31-32,55H2,(H2,56,72)(H,61,71)(H,65,73)(H,66,76)(H,67,74)(H,68,75)(H4,57,58,62)(H4,59,60,63)/t35-,36-,39+,41+,42-,43+,44+/m1/s1. The number of aliphatic imine (C=N–C) groups is 2. The second-order valence-corrected chi connectivity index (χ2v) is 19.2. The Morgan fingerprint density at radius 2 is 1.31 bits per heavy atom. The molecule has 0 saturated carbocycles. The minimum absolute atomic E-state index is 0.0211. The third-order valence-electron chi connectivity index (χ3n) is 13.1. The summed E-state index contributed by atoms with van der Waals surface area (Å²) >= 11 is 0. The summed E-state index contributed by atoms with van der Waals surface area (Å²) in [5.74, 6) is -7.97. The number of nitrogens with zero attached hydrogens (tertiary/aromatic N) is 2. The van der Waals surface area contributed by atoms with E-state index in [1.807, 2.05) is 30.3 Å². The number of ether oxygens (including phenoxy) is 1. The van der Waals surface area contributed by atoms with Crippen LogP contribution < -0.4 is 61.0 Å². The van der Waals surface area contributed by atoms with Gasteiger partial charge in [0.25, 0.3) is 0 Å². The van der Waals surface area contributed by atoms with E-state index in [0.717, 1.165) is 22.0 Å². The van der Waals surface area contributed by atoms with Crippen molar-refractivity contribution >= 4 is 69.8 Å². The summed E-state index contributed by atoms with van der Waals surface area (Å²) in [5.41, 5.74) is 37.1. The Labute approximate surface area is 447 Å². The number of fused-ring (bicyclic) bond motifs is 1. The van der Waals surface area contributed by atoms with Crippen LogP contribution >= 0.6 is 0 Å². The number of ketones is 2. The fraction of sp³-hybridized carbons (Fsp3) is 0.444. The van der Waals surface area contributed by atoms with E-state index in [1.54, 1.807) is 60.8 Å². The first-order valence-electron chi connectivity index (χ1n) is 25.9. The lowest BCUT2D eigenvalue weighted by Crippen LogP contribution is -2.59. The molecule has 0 radical (unpaired) electrons. The number of Topliss-reactive ketones (excluding diaryl/α,β-unsaturated/α-hetero) is 2. The third kappa shape index (κ3) is 20.5. The van der Waals surface area contributed by atoms with Crippen molar-refractivity contribution in [3.63, 3.8) is 0 Å². The third-order valence-corrected chi connectivity index (χ3v) is 13.1. The maximum absolute atomic E-state index is 14.9. The summed E-state index contributed by atoms with van der Waals surface area (Å²) < 4.78 is 5.99. The molecule has 23 heteroatoms. The maximum Gasteiger partial charge on any atom is 0.245 e. The Kier molecular flexibility index (Phi) is 24.0. The topological polar surface area (TPSA) is 403 Å². The molecule has 18 N–H and O–H groups in total. The fourth-order valence-corrected chi connectivity index (χ4v) is 8.90. The van der Waals surface area contributed by atoms with Gasteiger partial charge in [-0.3, -0.25) is 48.3 Å². The molecule has 0 unspecified atom stereocenters. The lowest BCUT2D eigenvalue weighted by atomic mass is 9.83. The highest BCUT2D eigenvalue weighted by Gasteiger charge is 2.35. The Balaban J connectivity index is 1.53. The molecule has 5 rings (SSSR count). The second-order valence-electron chi connectivity index (χ2n) is 19.2. The average Bonchev–Trinajstić information content (AvgIpc) is 3.81. The zero-order chi connectivity index (χ0) is 55.7. The summed E-state index contributed by atoms with van der Waals surface area (Å²) in [6.45, 7) is -0.0374. The Hall–Kier alpha value is -8.18. The highest BCUT2D eigenvalue weighted by molar-refractivity contribution is 5.98. The number of amides is 6. The molecule has 3 aromatic carbocycles. The van der Waals surface area contributed by atoms with Gasteiger partial charge >= 0.3 is 0 Å². The van der Waals surface area contributed by atoms with Crippen LogP contribution in [-0.4, -0.2) is 120 Å². The van der Waals surface area contributed by atoms with E-state index in [1.165, 1.54) is 0 Å². The molecular formula is C54H74N14O9. The smallest absolute Gasteiger partial charge is 0.245 e. The SMILES string of the molecule is NC(=O)[C@@H]1CCCCNC(=O)C[C@H](NC(=O)[C@@H](N)CCCN=C(N)N)C(=O)N[C@@H](COCc2ccccc2)C(=O)N[C@H](Cc2ccccc2)C(=O)C[C@@H](CCCN=C(N)N)C(=O)C[C@@H](Cc2c[nH]c3ccccc23)C(=O)N1. The van der Waals surface area contributed by atoms with Crippen LogP contribution in [0.1, 0.15) is 80.9 Å². The molecule has 23 nitrogen and oxygen atoms in total. The van der Waals surface area contributed by atoms with Gasteiger partial charge in [-0.05, 0) is 80.5 Å². The van der Waals surface area contributed by atoms with Crippen LogP contribution in [0.15, 0.2) is 101 Å². The number of nitrogens with two attached hydrogens (primary N) is 6. The number of H-pyrrole nitrogens is 1. The molecule has 1 aromatic heterocycles. The van der Waals surface area contributed by atoms with Gasteiger partial charge in [0, 0.05) is 61.4 Å². The van der Waals surface area contributed by atoms with Crippen LogP contribution in [0.5, 0.6) is 0 Å². The molecule has 1 aliphatic rings. The van der Waals surface area contributed by atoms with Crippen molar-refractivity contribution in [3.05, 3.63) is 108 Å². The average molecular weight is 1060 g/mol. The van der Waals surface area contributed by atoms with E-state index in [-0.39, 0.29) is 89.5 Å². The molecule has 4 aromatic rings. The van der Waals surface area contributed by atoms with Crippen LogP contribution in [0, 0.1) is 11.8 Å². The Morgan fingerprint density at radius 3 is 2.00 bits per heavy atom. The summed E-state index contributed by atoms with van der Waals surface area (Å²) in [4.78, 5) is 124. The Bertz CT molecular complexity index is 2670. The number of hydrogen-bond donors (Lipinski definition) is 12. The van der Waals surface area contributed by atoms with Gasteiger partial charge < -0.3 is 70.7 Å². The molecular weight excluding hydrogens is 989 g/mol. The van der Waals surface area contributed by atoms with Crippen molar-refractivity contribution in [3.8, 4) is 0 Å². The van der Waals surface area contributed by atoms with Gasteiger partial charge in [0.2, 0.25) is 35.4 Å². The molecule has 1 fully saturated rings. The maximum atomic E-state index is 14.9. The number of primary amides is 1. The largest absolute Gasteiger partial charge is 0.374 e. The van der Waals surface area contributed by atoms with E-state index < -0.39 is 102 Å². The number of benzene rings is 3. The van der Waals surface area contributed by atoms with Crippen LogP contribution in [-0.2, 0) is 62.5 Å². The highest BCUT2D eigenvalue weighted by Crippen LogP contribution is 2.26. The van der Waals surface area contributed by atoms with E-state index in [9.17, 15) is 38.4 Å². The summed E-state index contributed by atoms with van der Waals surface area (Å²) in [6.07, 6.45) is 1.94. The van der Waals surface area contributed by atoms with Crippen molar-refractivity contribution in [1.82, 2.24) is 31.6 Å². The van der Waals surface area contributed by atoms with Crippen LogP contribution in [0.2, 0.25) is 0 Å². The molecule has 7 atom stereocenters. The molecule has 77 heavy (non-hydrogen) atoms. The number of guanidine groups is 2. The lowest BCUT2D eigenvalue weighted by molar-refractivity contribution is -0.136. The molecule has 1 saturated heterocycles. The van der Waals surface area contributed by atoms with Gasteiger partial charge in [0.1, 0.15) is 23.9 Å². The van der Waals surface area contributed by atoms with Crippen LogP contribution in [0.3, 0.4) is 0 Å².